The number of carbonyl (C=O) groups is 3. The van der Waals surface area contributed by atoms with Gasteiger partial charge in [0.05, 0.1) is 11.4 Å². The number of rotatable bonds is 3. The van der Waals surface area contributed by atoms with Gasteiger partial charge in [0, 0.05) is 5.02 Å². The van der Waals surface area contributed by atoms with Crippen LogP contribution in [-0.4, -0.2) is 17.8 Å². The Morgan fingerprint density at radius 2 is 1.07 bits per heavy atom. The van der Waals surface area contributed by atoms with Crippen molar-refractivity contribution in [1.82, 2.24) is 0 Å². The van der Waals surface area contributed by atoms with Crippen LogP contribution in [0.1, 0.15) is 5.56 Å². The Balaban J connectivity index is 1.89. The van der Waals surface area contributed by atoms with Crippen molar-refractivity contribution in [3.05, 3.63) is 101 Å². The van der Waals surface area contributed by atoms with E-state index in [2.05, 4.69) is 0 Å². The number of carbonyl (C=O) groups excluding carboxylic acids is 3. The Morgan fingerprint density at radius 1 is 0.621 bits per heavy atom. The number of hydrogen-bond acceptors (Lipinski definition) is 3. The molecule has 1 aliphatic heterocycles. The molecule has 0 N–H and O–H groups in total. The van der Waals surface area contributed by atoms with Crippen molar-refractivity contribution in [2.45, 2.75) is 0 Å². The number of nitrogens with zero attached hydrogens (tertiary/aromatic N) is 2. The summed E-state index contributed by atoms with van der Waals surface area (Å²) in [6, 6.07) is 23.1. The van der Waals surface area contributed by atoms with Crippen molar-refractivity contribution in [2.24, 2.45) is 0 Å². The van der Waals surface area contributed by atoms with Crippen LogP contribution in [0.3, 0.4) is 0 Å². The van der Waals surface area contributed by atoms with Crippen molar-refractivity contribution in [3.63, 3.8) is 0 Å². The van der Waals surface area contributed by atoms with E-state index in [0.717, 1.165) is 9.80 Å². The third kappa shape index (κ3) is 3.44. The lowest BCUT2D eigenvalue weighted by Gasteiger charge is -2.33. The zero-order valence-electron chi connectivity index (χ0n) is 15.2. The summed E-state index contributed by atoms with van der Waals surface area (Å²) in [5, 5.41) is 0.398. The number of amides is 4. The molecule has 1 aliphatic rings. The van der Waals surface area contributed by atoms with Crippen molar-refractivity contribution in [2.75, 3.05) is 9.80 Å². The number of anilines is 2. The zero-order chi connectivity index (χ0) is 20.4. The maximum atomic E-state index is 13.2. The van der Waals surface area contributed by atoms with E-state index in [1.54, 1.807) is 84.9 Å². The minimum absolute atomic E-state index is 0.148. The maximum Gasteiger partial charge on any atom is 0.343 e. The van der Waals surface area contributed by atoms with Crippen molar-refractivity contribution >= 4 is 46.9 Å². The van der Waals surface area contributed by atoms with E-state index in [4.69, 9.17) is 11.6 Å². The Labute approximate surface area is 172 Å². The van der Waals surface area contributed by atoms with Gasteiger partial charge in [-0.25, -0.2) is 14.6 Å². The number of hydrogen-bond donors (Lipinski definition) is 0. The van der Waals surface area contributed by atoms with Gasteiger partial charge in [-0.15, -0.1) is 0 Å². The fraction of sp³-hybridized carbons (Fsp3) is 0. The minimum Gasteiger partial charge on any atom is -0.268 e. The van der Waals surface area contributed by atoms with Gasteiger partial charge in [-0.05, 0) is 42.0 Å². The molecule has 1 saturated heterocycles. The topological polar surface area (TPSA) is 57.7 Å². The average molecular weight is 403 g/mol. The molecule has 4 rings (SSSR count). The molecule has 1 fully saturated rings. The van der Waals surface area contributed by atoms with Crippen LogP contribution in [0.5, 0.6) is 0 Å². The smallest absolute Gasteiger partial charge is 0.268 e. The number of halogens is 1. The fourth-order valence-corrected chi connectivity index (χ4v) is 3.28. The van der Waals surface area contributed by atoms with Gasteiger partial charge < -0.3 is 0 Å². The van der Waals surface area contributed by atoms with Gasteiger partial charge in [-0.2, -0.15) is 0 Å². The van der Waals surface area contributed by atoms with Gasteiger partial charge in [0.15, 0.2) is 0 Å². The van der Waals surface area contributed by atoms with E-state index >= 15 is 0 Å². The largest absolute Gasteiger partial charge is 0.343 e. The van der Waals surface area contributed by atoms with Gasteiger partial charge in [-0.3, -0.25) is 9.59 Å². The van der Waals surface area contributed by atoms with Crippen molar-refractivity contribution < 1.29 is 14.4 Å². The van der Waals surface area contributed by atoms with Crippen molar-refractivity contribution in [3.8, 4) is 0 Å². The number of imide groups is 2. The molecular weight excluding hydrogens is 388 g/mol. The predicted molar refractivity (Wildman–Crippen MR) is 113 cm³/mol. The highest BCUT2D eigenvalue weighted by molar-refractivity contribution is 6.46. The van der Waals surface area contributed by atoms with Crippen LogP contribution in [0, 0.1) is 0 Å². The molecule has 0 aromatic heterocycles. The zero-order valence-corrected chi connectivity index (χ0v) is 15.9. The van der Waals surface area contributed by atoms with Crippen LogP contribution in [-0.2, 0) is 9.59 Å². The molecule has 0 spiro atoms. The summed E-state index contributed by atoms with van der Waals surface area (Å²) in [4.78, 5) is 41.5. The SMILES string of the molecule is O=C1C(=Cc2ccccc2Cl)C(=O)N(c2ccccc2)C(=O)N1c1ccccc1. The van der Waals surface area contributed by atoms with Crippen LogP contribution in [0.2, 0.25) is 5.02 Å². The Morgan fingerprint density at radius 3 is 1.55 bits per heavy atom. The molecule has 0 saturated carbocycles. The third-order valence-corrected chi connectivity index (χ3v) is 4.83. The molecule has 0 unspecified atom stereocenters. The molecule has 0 atom stereocenters. The summed E-state index contributed by atoms with van der Waals surface area (Å²) >= 11 is 6.21. The lowest BCUT2D eigenvalue weighted by atomic mass is 10.0. The van der Waals surface area contributed by atoms with Crippen LogP contribution in [0.25, 0.3) is 6.08 Å². The standard InChI is InChI=1S/C23H15ClN2O3/c24-20-14-8-7-9-16(20)15-19-21(27)25(17-10-3-1-4-11-17)23(29)26(22(19)28)18-12-5-2-6-13-18/h1-15H. The second-order valence-corrected chi connectivity index (χ2v) is 6.72. The van der Waals surface area contributed by atoms with Crippen LogP contribution >= 0.6 is 11.6 Å². The Hall–Kier alpha value is -3.70. The second-order valence-electron chi connectivity index (χ2n) is 6.31. The van der Waals surface area contributed by atoms with E-state index in [1.807, 2.05) is 0 Å². The molecule has 1 heterocycles. The molecule has 5 nitrogen and oxygen atoms in total. The summed E-state index contributed by atoms with van der Waals surface area (Å²) in [6.07, 6.45) is 1.42. The van der Waals surface area contributed by atoms with E-state index in [9.17, 15) is 14.4 Å². The summed E-state index contributed by atoms with van der Waals surface area (Å²) in [6.45, 7) is 0. The van der Waals surface area contributed by atoms with Crippen LogP contribution in [0.4, 0.5) is 16.2 Å². The molecule has 3 aromatic rings. The summed E-state index contributed by atoms with van der Waals surface area (Å²) in [5.41, 5.74) is 1.12. The van der Waals surface area contributed by atoms with Gasteiger partial charge in [0.1, 0.15) is 5.57 Å². The lowest BCUT2D eigenvalue weighted by Crippen LogP contribution is -2.57. The fourth-order valence-electron chi connectivity index (χ4n) is 3.09. The monoisotopic (exact) mass is 402 g/mol. The molecule has 142 valence electrons. The predicted octanol–water partition coefficient (Wildman–Crippen LogP) is 4.92. The van der Waals surface area contributed by atoms with Gasteiger partial charge in [0.2, 0.25) is 0 Å². The number of urea groups is 1. The van der Waals surface area contributed by atoms with E-state index < -0.39 is 17.8 Å². The van der Waals surface area contributed by atoms with Crippen LogP contribution < -0.4 is 9.80 Å². The lowest BCUT2D eigenvalue weighted by molar-refractivity contribution is -0.121. The summed E-state index contributed by atoms with van der Waals surface area (Å²) in [7, 11) is 0. The summed E-state index contributed by atoms with van der Waals surface area (Å²) < 4.78 is 0. The van der Waals surface area contributed by atoms with Gasteiger partial charge in [-0.1, -0.05) is 66.2 Å². The maximum absolute atomic E-state index is 13.2. The molecular formula is C23H15ClN2O3. The van der Waals surface area contributed by atoms with E-state index in [0.29, 0.717) is 22.0 Å². The first-order chi connectivity index (χ1) is 14.1. The molecule has 6 heteroatoms. The highest BCUT2D eigenvalue weighted by atomic mass is 35.5. The second kappa shape index (κ2) is 7.73. The summed E-state index contributed by atoms with van der Waals surface area (Å²) in [5.74, 6) is -1.39. The molecule has 4 amide bonds. The number of barbiturate groups is 1. The third-order valence-electron chi connectivity index (χ3n) is 4.48. The normalized spacial score (nSPS) is 14.4. The van der Waals surface area contributed by atoms with E-state index in [-0.39, 0.29) is 5.57 Å². The Kier molecular flexibility index (Phi) is 4.97. The first kappa shape index (κ1) is 18.7. The number of benzene rings is 3. The Bertz CT molecular complexity index is 1060. The molecule has 0 radical (unpaired) electrons. The van der Waals surface area contributed by atoms with Crippen molar-refractivity contribution in [1.29, 1.82) is 0 Å². The first-order valence-corrected chi connectivity index (χ1v) is 9.25. The first-order valence-electron chi connectivity index (χ1n) is 8.87. The van der Waals surface area contributed by atoms with Gasteiger partial charge >= 0.3 is 6.03 Å². The minimum atomic E-state index is -0.728. The van der Waals surface area contributed by atoms with Gasteiger partial charge in [0.25, 0.3) is 11.8 Å². The molecule has 29 heavy (non-hydrogen) atoms. The van der Waals surface area contributed by atoms with E-state index in [1.165, 1.54) is 6.08 Å². The quantitative estimate of drug-likeness (QED) is 0.461. The van der Waals surface area contributed by atoms with Crippen LogP contribution in [0.15, 0.2) is 90.5 Å². The average Bonchev–Trinajstić information content (AvgIpc) is 2.74. The molecule has 0 bridgehead atoms. The molecule has 0 aliphatic carbocycles. The highest BCUT2D eigenvalue weighted by Crippen LogP contribution is 2.30. The molecule has 3 aromatic carbocycles. The number of para-hydroxylation sites is 2. The highest BCUT2D eigenvalue weighted by Gasteiger charge is 2.43.